The Morgan fingerprint density at radius 1 is 1.55 bits per heavy atom. The van der Waals surface area contributed by atoms with Gasteiger partial charge in [0.15, 0.2) is 0 Å². The fourth-order valence-electron chi connectivity index (χ4n) is 0.580. The maximum atomic E-state index is 12.0. The summed E-state index contributed by atoms with van der Waals surface area (Å²) in [5.41, 5.74) is -0.183. The molecular formula is C6H6F2N2O. The molecule has 0 spiro atoms. The molecule has 0 bridgehead atoms. The van der Waals surface area contributed by atoms with Crippen molar-refractivity contribution in [3.05, 3.63) is 17.8 Å². The van der Waals surface area contributed by atoms with Gasteiger partial charge in [-0.3, -0.25) is 0 Å². The number of alkyl halides is 2. The van der Waals surface area contributed by atoms with Crippen LogP contribution in [0.2, 0.25) is 0 Å². The highest BCUT2D eigenvalue weighted by molar-refractivity contribution is 5.17. The van der Waals surface area contributed by atoms with Crippen molar-refractivity contribution in [3.63, 3.8) is 0 Å². The zero-order valence-corrected chi connectivity index (χ0v) is 5.79. The van der Waals surface area contributed by atoms with Crippen LogP contribution in [0.1, 0.15) is 12.0 Å². The van der Waals surface area contributed by atoms with E-state index in [4.69, 9.17) is 0 Å². The predicted molar refractivity (Wildman–Crippen MR) is 33.5 cm³/mol. The first kappa shape index (κ1) is 7.84. The lowest BCUT2D eigenvalue weighted by molar-refractivity contribution is 0.150. The molecule has 0 aromatic carbocycles. The Morgan fingerprint density at radius 2 is 2.27 bits per heavy atom. The van der Waals surface area contributed by atoms with Gasteiger partial charge in [-0.25, -0.2) is 8.78 Å². The zero-order chi connectivity index (χ0) is 8.27. The van der Waals surface area contributed by atoms with Gasteiger partial charge in [0.2, 0.25) is 5.88 Å². The Morgan fingerprint density at radius 3 is 2.82 bits per heavy atom. The molecule has 0 aliphatic rings. The second-order valence-corrected chi connectivity index (χ2v) is 1.83. The van der Waals surface area contributed by atoms with Crippen molar-refractivity contribution in [3.8, 4) is 5.88 Å². The SMILES string of the molecule is COc1cc(C(F)F)cnn1. The van der Waals surface area contributed by atoms with Crippen LogP contribution >= 0.6 is 0 Å². The molecule has 3 nitrogen and oxygen atoms in total. The lowest BCUT2D eigenvalue weighted by Crippen LogP contribution is -1.93. The molecule has 0 N–H and O–H groups in total. The van der Waals surface area contributed by atoms with Crippen molar-refractivity contribution in [1.29, 1.82) is 0 Å². The second-order valence-electron chi connectivity index (χ2n) is 1.83. The summed E-state index contributed by atoms with van der Waals surface area (Å²) in [7, 11) is 1.35. The smallest absolute Gasteiger partial charge is 0.265 e. The minimum absolute atomic E-state index is 0.0998. The molecule has 1 heterocycles. The predicted octanol–water partition coefficient (Wildman–Crippen LogP) is 1.42. The Labute approximate surface area is 62.0 Å². The fourth-order valence-corrected chi connectivity index (χ4v) is 0.580. The van der Waals surface area contributed by atoms with E-state index < -0.39 is 6.43 Å². The molecule has 0 atom stereocenters. The van der Waals surface area contributed by atoms with Crippen LogP contribution in [0, 0.1) is 0 Å². The summed E-state index contributed by atoms with van der Waals surface area (Å²) in [6, 6.07) is 1.15. The van der Waals surface area contributed by atoms with Crippen LogP contribution in [-0.2, 0) is 0 Å². The number of aromatic nitrogens is 2. The van der Waals surface area contributed by atoms with Crippen LogP contribution < -0.4 is 4.74 Å². The molecular weight excluding hydrogens is 154 g/mol. The molecule has 0 amide bonds. The average molecular weight is 160 g/mol. The molecule has 0 radical (unpaired) electrons. The van der Waals surface area contributed by atoms with Crippen LogP contribution in [0.3, 0.4) is 0 Å². The summed E-state index contributed by atoms with van der Waals surface area (Å²) >= 11 is 0. The summed E-state index contributed by atoms with van der Waals surface area (Å²) < 4.78 is 28.5. The van der Waals surface area contributed by atoms with Gasteiger partial charge < -0.3 is 4.74 Å². The lowest BCUT2D eigenvalue weighted by atomic mass is 10.3. The molecule has 1 rings (SSSR count). The lowest BCUT2D eigenvalue weighted by Gasteiger charge is -1.99. The van der Waals surface area contributed by atoms with Crippen LogP contribution in [0.25, 0.3) is 0 Å². The highest BCUT2D eigenvalue weighted by Gasteiger charge is 2.08. The third kappa shape index (κ3) is 1.83. The van der Waals surface area contributed by atoms with Crippen molar-refractivity contribution >= 4 is 0 Å². The van der Waals surface area contributed by atoms with Gasteiger partial charge in [-0.15, -0.1) is 5.10 Å². The summed E-state index contributed by atoms with van der Waals surface area (Å²) in [6.07, 6.45) is -1.52. The van der Waals surface area contributed by atoms with Gasteiger partial charge in [0.25, 0.3) is 6.43 Å². The molecule has 0 saturated carbocycles. The number of halogens is 2. The van der Waals surface area contributed by atoms with E-state index in [0.29, 0.717) is 0 Å². The fraction of sp³-hybridized carbons (Fsp3) is 0.333. The quantitative estimate of drug-likeness (QED) is 0.656. The minimum Gasteiger partial charge on any atom is -0.480 e. The third-order valence-corrected chi connectivity index (χ3v) is 1.11. The van der Waals surface area contributed by atoms with Gasteiger partial charge in [0.1, 0.15) is 0 Å². The number of ether oxygens (including phenoxy) is 1. The van der Waals surface area contributed by atoms with Crippen LogP contribution in [0.4, 0.5) is 8.78 Å². The van der Waals surface area contributed by atoms with Crippen molar-refractivity contribution in [2.75, 3.05) is 7.11 Å². The van der Waals surface area contributed by atoms with Gasteiger partial charge in [-0.05, 0) is 0 Å². The normalized spacial score (nSPS) is 10.2. The minimum atomic E-state index is -2.53. The van der Waals surface area contributed by atoms with Crippen LogP contribution in [0.5, 0.6) is 5.88 Å². The van der Waals surface area contributed by atoms with Crippen molar-refractivity contribution in [2.45, 2.75) is 6.43 Å². The number of hydrogen-bond acceptors (Lipinski definition) is 3. The van der Waals surface area contributed by atoms with Gasteiger partial charge in [0.05, 0.1) is 13.3 Å². The third-order valence-electron chi connectivity index (χ3n) is 1.11. The molecule has 0 aliphatic carbocycles. The van der Waals surface area contributed by atoms with E-state index >= 15 is 0 Å². The summed E-state index contributed by atoms with van der Waals surface area (Å²) in [5.74, 6) is 0.0998. The highest BCUT2D eigenvalue weighted by Crippen LogP contribution is 2.19. The van der Waals surface area contributed by atoms with E-state index in [1.165, 1.54) is 7.11 Å². The molecule has 11 heavy (non-hydrogen) atoms. The number of methoxy groups -OCH3 is 1. The second kappa shape index (κ2) is 3.23. The first-order chi connectivity index (χ1) is 5.24. The molecule has 0 fully saturated rings. The molecule has 1 aromatic rings. The van der Waals surface area contributed by atoms with Gasteiger partial charge in [-0.1, -0.05) is 0 Å². The average Bonchev–Trinajstić information content (AvgIpc) is 2.05. The van der Waals surface area contributed by atoms with E-state index in [1.54, 1.807) is 0 Å². The van der Waals surface area contributed by atoms with E-state index in [2.05, 4.69) is 14.9 Å². The number of rotatable bonds is 2. The van der Waals surface area contributed by atoms with Gasteiger partial charge in [-0.2, -0.15) is 5.10 Å². The van der Waals surface area contributed by atoms with Gasteiger partial charge >= 0.3 is 0 Å². The number of nitrogens with zero attached hydrogens (tertiary/aromatic N) is 2. The van der Waals surface area contributed by atoms with Crippen molar-refractivity contribution in [1.82, 2.24) is 10.2 Å². The van der Waals surface area contributed by atoms with Crippen LogP contribution in [-0.4, -0.2) is 17.3 Å². The molecule has 1 aromatic heterocycles. The van der Waals surface area contributed by atoms with E-state index in [-0.39, 0.29) is 11.4 Å². The maximum Gasteiger partial charge on any atom is 0.265 e. The summed E-state index contributed by atoms with van der Waals surface area (Å²) in [4.78, 5) is 0. The standard InChI is InChI=1S/C6H6F2N2O/c1-11-5-2-4(6(7)8)3-9-10-5/h2-3,6H,1H3. The van der Waals surface area contributed by atoms with E-state index in [1.807, 2.05) is 0 Å². The number of hydrogen-bond donors (Lipinski definition) is 0. The maximum absolute atomic E-state index is 12.0. The Hall–Kier alpha value is -1.26. The Bertz CT molecular complexity index is 242. The van der Waals surface area contributed by atoms with Crippen LogP contribution in [0.15, 0.2) is 12.3 Å². The largest absolute Gasteiger partial charge is 0.480 e. The first-order valence-electron chi connectivity index (χ1n) is 2.89. The van der Waals surface area contributed by atoms with Gasteiger partial charge in [0, 0.05) is 11.6 Å². The molecule has 0 unspecified atom stereocenters. The first-order valence-corrected chi connectivity index (χ1v) is 2.89. The monoisotopic (exact) mass is 160 g/mol. The van der Waals surface area contributed by atoms with E-state index in [0.717, 1.165) is 12.3 Å². The van der Waals surface area contributed by atoms with Crippen molar-refractivity contribution in [2.24, 2.45) is 0 Å². The molecule has 5 heteroatoms. The summed E-state index contributed by atoms with van der Waals surface area (Å²) in [6.45, 7) is 0. The molecule has 0 aliphatic heterocycles. The zero-order valence-electron chi connectivity index (χ0n) is 5.79. The highest BCUT2D eigenvalue weighted by atomic mass is 19.3. The van der Waals surface area contributed by atoms with Crippen molar-refractivity contribution < 1.29 is 13.5 Å². The Balaban J connectivity index is 2.91. The Kier molecular flexibility index (Phi) is 2.30. The molecule has 0 saturated heterocycles. The molecule has 60 valence electrons. The summed E-state index contributed by atoms with van der Waals surface area (Å²) in [5, 5.41) is 6.76. The topological polar surface area (TPSA) is 35.0 Å². The van der Waals surface area contributed by atoms with E-state index in [9.17, 15) is 8.78 Å².